The van der Waals surface area contributed by atoms with Crippen LogP contribution in [-0.2, 0) is 9.47 Å². The van der Waals surface area contributed by atoms with Gasteiger partial charge in [0.05, 0.1) is 0 Å². The predicted molar refractivity (Wildman–Crippen MR) is 92.6 cm³/mol. The molecule has 0 amide bonds. The molecular formula is C15H24FN6O2S+. The summed E-state index contributed by atoms with van der Waals surface area (Å²) >= 11 is 1.56. The van der Waals surface area contributed by atoms with Gasteiger partial charge >= 0.3 is 0 Å². The summed E-state index contributed by atoms with van der Waals surface area (Å²) in [5, 5.41) is 2.56. The van der Waals surface area contributed by atoms with Gasteiger partial charge < -0.3 is 15.2 Å². The van der Waals surface area contributed by atoms with Gasteiger partial charge in [-0.15, -0.1) is 5.53 Å². The Morgan fingerprint density at radius 1 is 1.40 bits per heavy atom. The van der Waals surface area contributed by atoms with Crippen molar-refractivity contribution in [2.75, 3.05) is 21.9 Å². The highest BCUT2D eigenvalue weighted by atomic mass is 32.2. The van der Waals surface area contributed by atoms with Crippen molar-refractivity contribution < 1.29 is 19.4 Å². The van der Waals surface area contributed by atoms with E-state index in [1.165, 1.54) is 0 Å². The maximum atomic E-state index is 14.5. The fourth-order valence-corrected chi connectivity index (χ4v) is 4.34. The number of thioether (sulfide) groups is 1. The van der Waals surface area contributed by atoms with Gasteiger partial charge in [0.2, 0.25) is 5.82 Å². The average Bonchev–Trinajstić information content (AvgIpc) is 3.18. The summed E-state index contributed by atoms with van der Waals surface area (Å²) in [6.45, 7) is 5.73. The maximum Gasteiger partial charge on any atom is 0.214 e. The second-order valence-electron chi connectivity index (χ2n) is 7.00. The number of nitrogen functional groups attached to an aromatic ring is 2. The van der Waals surface area contributed by atoms with E-state index >= 15 is 0 Å². The first-order valence-electron chi connectivity index (χ1n) is 8.58. The van der Waals surface area contributed by atoms with Crippen LogP contribution in [0.3, 0.4) is 0 Å². The van der Waals surface area contributed by atoms with E-state index in [0.29, 0.717) is 28.9 Å². The number of fused-ring (bicyclic) bond motifs is 2. The number of hydrogen-bond acceptors (Lipinski definition) is 8. The minimum absolute atomic E-state index is 0.200. The molecule has 10 heteroatoms. The second kappa shape index (κ2) is 6.11. The second-order valence-corrected chi connectivity index (χ2v) is 8.07. The molecule has 4 atom stereocenters. The minimum Gasteiger partial charge on any atom is -0.382 e. The molecule has 0 aromatic carbocycles. The van der Waals surface area contributed by atoms with Crippen LogP contribution >= 0.6 is 11.8 Å². The number of hydrogen-bond donors (Lipinski definition) is 3. The first-order chi connectivity index (χ1) is 11.9. The lowest BCUT2D eigenvalue weighted by molar-refractivity contribution is -0.637. The Kier molecular flexibility index (Phi) is 4.18. The van der Waals surface area contributed by atoms with E-state index in [1.54, 1.807) is 17.3 Å². The lowest BCUT2D eigenvalue weighted by atomic mass is 10.2. The van der Waals surface area contributed by atoms with Crippen LogP contribution in [0.2, 0.25) is 0 Å². The molecule has 1 aromatic heterocycles. The number of halogens is 1. The zero-order chi connectivity index (χ0) is 17.8. The molecule has 25 heavy (non-hydrogen) atoms. The summed E-state index contributed by atoms with van der Waals surface area (Å²) in [5.74, 6) is 1.22. The number of quaternary nitrogens is 1. The molecule has 138 valence electrons. The highest BCUT2D eigenvalue weighted by Crippen LogP contribution is 2.43. The van der Waals surface area contributed by atoms with Crippen LogP contribution in [0.1, 0.15) is 33.6 Å². The third-order valence-corrected chi connectivity index (χ3v) is 5.70. The smallest absolute Gasteiger partial charge is 0.214 e. The third-order valence-electron chi connectivity index (χ3n) is 4.65. The molecule has 4 rings (SSSR count). The number of nitrogens with one attached hydrogen (secondary N) is 1. The molecule has 0 unspecified atom stereocenters. The molecule has 1 saturated carbocycles. The Morgan fingerprint density at radius 2 is 2.16 bits per heavy atom. The molecule has 8 nitrogen and oxygen atoms in total. The van der Waals surface area contributed by atoms with E-state index in [0.717, 1.165) is 12.2 Å². The summed E-state index contributed by atoms with van der Waals surface area (Å²) in [6, 6.07) is -0.200. The van der Waals surface area contributed by atoms with Crippen LogP contribution < -0.4 is 21.7 Å². The molecule has 3 aliphatic rings. The van der Waals surface area contributed by atoms with Crippen molar-refractivity contribution in [3.05, 3.63) is 0 Å². The Morgan fingerprint density at radius 3 is 2.92 bits per heavy atom. The lowest BCUT2D eigenvalue weighted by Gasteiger charge is -2.26. The van der Waals surface area contributed by atoms with Gasteiger partial charge in [0, 0.05) is 12.2 Å². The van der Waals surface area contributed by atoms with Gasteiger partial charge in [0.1, 0.15) is 24.4 Å². The van der Waals surface area contributed by atoms with Gasteiger partial charge in [-0.2, -0.15) is 9.99 Å². The van der Waals surface area contributed by atoms with Crippen LogP contribution in [0.15, 0.2) is 5.16 Å². The molecular weight excluding hydrogens is 347 g/mol. The quantitative estimate of drug-likeness (QED) is 0.406. The molecule has 5 N–H and O–H groups in total. The van der Waals surface area contributed by atoms with Gasteiger partial charge in [-0.25, -0.2) is 14.8 Å². The molecule has 2 fully saturated rings. The molecule has 0 spiro atoms. The maximum absolute atomic E-state index is 14.5. The third kappa shape index (κ3) is 2.90. The fourth-order valence-electron chi connectivity index (χ4n) is 3.64. The van der Waals surface area contributed by atoms with Crippen molar-refractivity contribution in [3.8, 4) is 0 Å². The summed E-state index contributed by atoms with van der Waals surface area (Å²) in [7, 11) is 0. The SMILES string of the molecule is CCCSc1nc(N)c2c(n1)N([C@@H]1C[C@H](F)[C@H]3OC(C)(C)O[C@H]31)[NH2+]N2. The zero-order valence-corrected chi connectivity index (χ0v) is 15.3. The fraction of sp³-hybridized carbons (Fsp3) is 0.733. The number of nitrogens with zero attached hydrogens (tertiary/aromatic N) is 3. The van der Waals surface area contributed by atoms with Crippen molar-refractivity contribution in [2.45, 2.75) is 69.0 Å². The molecule has 0 bridgehead atoms. The first-order valence-corrected chi connectivity index (χ1v) is 9.56. The summed E-state index contributed by atoms with van der Waals surface area (Å²) < 4.78 is 26.2. The normalized spacial score (nSPS) is 32.6. The van der Waals surface area contributed by atoms with E-state index in [2.05, 4.69) is 22.3 Å². The van der Waals surface area contributed by atoms with Gasteiger partial charge in [-0.3, -0.25) is 0 Å². The Bertz CT molecular complexity index is 678. The Hall–Kier alpha value is -1.36. The molecule has 0 radical (unpaired) electrons. The van der Waals surface area contributed by atoms with Gasteiger partial charge in [0.15, 0.2) is 22.4 Å². The Balaban J connectivity index is 1.63. The standard InChI is InChI=1S/C15H23FN6O2S/c1-4-5-25-14-18-12(17)9-13(19-14)22(21-20-9)8-6-7(16)10-11(8)24-15(2,3)23-10/h7-8,10-11,20-21H,4-6H2,1-3H3,(H2,17,18,19)/p+1/t7-,8+,10+,11-/m0/s1. The lowest BCUT2D eigenvalue weighted by Crippen LogP contribution is -2.97. The van der Waals surface area contributed by atoms with Gasteiger partial charge in [-0.05, 0) is 20.3 Å². The average molecular weight is 371 g/mol. The van der Waals surface area contributed by atoms with Crippen molar-refractivity contribution >= 4 is 29.1 Å². The molecule has 1 aromatic rings. The molecule has 3 heterocycles. The number of anilines is 3. The van der Waals surface area contributed by atoms with Crippen molar-refractivity contribution in [3.63, 3.8) is 0 Å². The first kappa shape index (κ1) is 17.1. The van der Waals surface area contributed by atoms with E-state index in [-0.39, 0.29) is 12.1 Å². The van der Waals surface area contributed by atoms with Crippen LogP contribution in [0.5, 0.6) is 0 Å². The van der Waals surface area contributed by atoms with Crippen LogP contribution in [0.25, 0.3) is 0 Å². The summed E-state index contributed by atoms with van der Waals surface area (Å²) in [5.41, 5.74) is 11.6. The van der Waals surface area contributed by atoms with Crippen LogP contribution in [0, 0.1) is 0 Å². The van der Waals surface area contributed by atoms with E-state index in [9.17, 15) is 4.39 Å². The van der Waals surface area contributed by atoms with Crippen LogP contribution in [0.4, 0.5) is 21.7 Å². The number of ether oxygens (including phenoxy) is 2. The van der Waals surface area contributed by atoms with Gasteiger partial charge in [0.25, 0.3) is 0 Å². The zero-order valence-electron chi connectivity index (χ0n) is 14.5. The highest BCUT2D eigenvalue weighted by molar-refractivity contribution is 7.99. The van der Waals surface area contributed by atoms with Gasteiger partial charge in [-0.1, -0.05) is 18.7 Å². The van der Waals surface area contributed by atoms with Crippen molar-refractivity contribution in [1.29, 1.82) is 0 Å². The number of alkyl halides is 1. The van der Waals surface area contributed by atoms with Crippen LogP contribution in [-0.4, -0.2) is 45.9 Å². The molecule has 1 aliphatic carbocycles. The Labute approximate surface area is 150 Å². The van der Waals surface area contributed by atoms with Crippen molar-refractivity contribution in [2.24, 2.45) is 0 Å². The number of rotatable bonds is 4. The predicted octanol–water partition coefficient (Wildman–Crippen LogP) is 0.817. The molecule has 1 saturated heterocycles. The number of aromatic nitrogens is 2. The molecule has 2 aliphatic heterocycles. The minimum atomic E-state index is -1.07. The highest BCUT2D eigenvalue weighted by Gasteiger charge is 2.58. The topological polar surface area (TPSA) is 102 Å². The summed E-state index contributed by atoms with van der Waals surface area (Å²) in [6.07, 6.45) is -0.621. The largest absolute Gasteiger partial charge is 0.382 e. The number of nitrogens with two attached hydrogens (primary N) is 2. The summed E-state index contributed by atoms with van der Waals surface area (Å²) in [4.78, 5) is 8.98. The van der Waals surface area contributed by atoms with E-state index in [1.807, 2.05) is 18.9 Å². The van der Waals surface area contributed by atoms with E-state index in [4.69, 9.17) is 15.2 Å². The van der Waals surface area contributed by atoms with E-state index < -0.39 is 18.1 Å². The van der Waals surface area contributed by atoms with Crippen molar-refractivity contribution in [1.82, 2.24) is 9.97 Å². The monoisotopic (exact) mass is 371 g/mol.